The van der Waals surface area contributed by atoms with E-state index in [2.05, 4.69) is 10.1 Å². The Labute approximate surface area is 163 Å². The molecule has 2 aromatic rings. The van der Waals surface area contributed by atoms with Crippen LogP contribution in [0, 0.1) is 0 Å². The SMILES string of the molecule is NC(=O)CSc1ccccc1C(=O)OCC(=O)Nc1ccccc1OC(F)F. The second-order valence-corrected chi connectivity index (χ2v) is 6.27. The van der Waals surface area contributed by atoms with Crippen molar-refractivity contribution in [1.82, 2.24) is 0 Å². The maximum absolute atomic E-state index is 12.4. The zero-order valence-corrected chi connectivity index (χ0v) is 15.2. The van der Waals surface area contributed by atoms with Gasteiger partial charge in [0.15, 0.2) is 6.61 Å². The number of esters is 1. The quantitative estimate of drug-likeness (QED) is 0.486. The van der Waals surface area contributed by atoms with Crippen LogP contribution in [-0.4, -0.2) is 36.8 Å². The van der Waals surface area contributed by atoms with Crippen molar-refractivity contribution < 1.29 is 32.6 Å². The molecule has 0 aliphatic rings. The van der Waals surface area contributed by atoms with Crippen molar-refractivity contribution in [1.29, 1.82) is 0 Å². The highest BCUT2D eigenvalue weighted by atomic mass is 32.2. The van der Waals surface area contributed by atoms with Crippen LogP contribution < -0.4 is 15.8 Å². The summed E-state index contributed by atoms with van der Waals surface area (Å²) in [5, 5.41) is 2.34. The van der Waals surface area contributed by atoms with Gasteiger partial charge in [-0.25, -0.2) is 4.79 Å². The smallest absolute Gasteiger partial charge is 0.387 e. The van der Waals surface area contributed by atoms with Crippen LogP contribution in [0.5, 0.6) is 5.75 Å². The van der Waals surface area contributed by atoms with Gasteiger partial charge in [0.2, 0.25) is 5.91 Å². The van der Waals surface area contributed by atoms with Crippen LogP contribution in [0.15, 0.2) is 53.4 Å². The molecule has 0 spiro atoms. The standard InChI is InChI=1S/C18H16F2N2O5S/c19-18(20)27-13-7-3-2-6-12(13)22-16(24)9-26-17(25)11-5-1-4-8-14(11)28-10-15(21)23/h1-8,18H,9-10H2,(H2,21,23)(H,22,24). The van der Waals surface area contributed by atoms with E-state index in [1.54, 1.807) is 18.2 Å². The summed E-state index contributed by atoms with van der Waals surface area (Å²) in [6.07, 6.45) is 0. The van der Waals surface area contributed by atoms with E-state index in [-0.39, 0.29) is 22.8 Å². The highest BCUT2D eigenvalue weighted by Crippen LogP contribution is 2.26. The molecule has 0 unspecified atom stereocenters. The molecule has 0 aliphatic carbocycles. The number of hydrogen-bond acceptors (Lipinski definition) is 6. The second kappa shape index (κ2) is 10.3. The van der Waals surface area contributed by atoms with Gasteiger partial charge >= 0.3 is 12.6 Å². The summed E-state index contributed by atoms with van der Waals surface area (Å²) in [5.74, 6) is -2.30. The topological polar surface area (TPSA) is 108 Å². The molecular weight excluding hydrogens is 394 g/mol. The van der Waals surface area contributed by atoms with E-state index in [9.17, 15) is 23.2 Å². The molecule has 148 valence electrons. The fraction of sp³-hybridized carbons (Fsp3) is 0.167. The zero-order valence-electron chi connectivity index (χ0n) is 14.4. The molecule has 2 aromatic carbocycles. The summed E-state index contributed by atoms with van der Waals surface area (Å²) in [4.78, 5) is 35.6. The minimum Gasteiger partial charge on any atom is -0.452 e. The molecular formula is C18H16F2N2O5S. The molecule has 0 saturated heterocycles. The Hall–Kier alpha value is -3.14. The maximum Gasteiger partial charge on any atom is 0.387 e. The zero-order chi connectivity index (χ0) is 20.5. The van der Waals surface area contributed by atoms with Crippen LogP contribution in [0.4, 0.5) is 14.5 Å². The Morgan fingerprint density at radius 3 is 2.46 bits per heavy atom. The molecule has 28 heavy (non-hydrogen) atoms. The van der Waals surface area contributed by atoms with Gasteiger partial charge in [-0.15, -0.1) is 11.8 Å². The summed E-state index contributed by atoms with van der Waals surface area (Å²) in [5.41, 5.74) is 5.28. The average molecular weight is 410 g/mol. The average Bonchev–Trinajstić information content (AvgIpc) is 2.66. The van der Waals surface area contributed by atoms with Gasteiger partial charge in [0, 0.05) is 4.90 Å². The number of nitrogens with two attached hydrogens (primary N) is 1. The molecule has 0 aliphatic heterocycles. The van der Waals surface area contributed by atoms with Crippen molar-refractivity contribution >= 4 is 35.2 Å². The number of carbonyl (C=O) groups is 3. The molecule has 0 saturated carbocycles. The molecule has 0 radical (unpaired) electrons. The fourth-order valence-electron chi connectivity index (χ4n) is 2.07. The molecule has 10 heteroatoms. The molecule has 0 bridgehead atoms. The first-order chi connectivity index (χ1) is 13.4. The molecule has 2 rings (SSSR count). The first kappa shape index (κ1) is 21.2. The lowest BCUT2D eigenvalue weighted by Crippen LogP contribution is -2.22. The van der Waals surface area contributed by atoms with Gasteiger partial charge in [-0.05, 0) is 24.3 Å². The fourth-order valence-corrected chi connectivity index (χ4v) is 2.85. The maximum atomic E-state index is 12.4. The number of primary amides is 1. The summed E-state index contributed by atoms with van der Waals surface area (Å²) < 4.78 is 34.1. The van der Waals surface area contributed by atoms with E-state index in [1.165, 1.54) is 30.3 Å². The van der Waals surface area contributed by atoms with E-state index in [4.69, 9.17) is 10.5 Å². The van der Waals surface area contributed by atoms with Crippen molar-refractivity contribution in [2.24, 2.45) is 5.73 Å². The molecule has 0 heterocycles. The van der Waals surface area contributed by atoms with Gasteiger partial charge < -0.3 is 20.5 Å². The van der Waals surface area contributed by atoms with Crippen LogP contribution in [0.2, 0.25) is 0 Å². The lowest BCUT2D eigenvalue weighted by atomic mass is 10.2. The number of nitrogens with one attached hydrogen (secondary N) is 1. The second-order valence-electron chi connectivity index (χ2n) is 5.25. The molecule has 3 N–H and O–H groups in total. The first-order valence-electron chi connectivity index (χ1n) is 7.87. The summed E-state index contributed by atoms with van der Waals surface area (Å²) in [6.45, 7) is -3.69. The molecule has 0 fully saturated rings. The van der Waals surface area contributed by atoms with Crippen molar-refractivity contribution in [3.63, 3.8) is 0 Å². The summed E-state index contributed by atoms with van der Waals surface area (Å²) >= 11 is 1.06. The highest BCUT2D eigenvalue weighted by Gasteiger charge is 2.16. The third-order valence-corrected chi connectivity index (χ3v) is 4.28. The number of anilines is 1. The highest BCUT2D eigenvalue weighted by molar-refractivity contribution is 8.00. The Morgan fingerprint density at radius 1 is 1.07 bits per heavy atom. The number of hydrogen-bond donors (Lipinski definition) is 2. The van der Waals surface area contributed by atoms with E-state index in [0.717, 1.165) is 11.8 Å². The molecule has 7 nitrogen and oxygen atoms in total. The Morgan fingerprint density at radius 2 is 1.75 bits per heavy atom. The number of thioether (sulfide) groups is 1. The summed E-state index contributed by atoms with van der Waals surface area (Å²) in [6, 6.07) is 12.0. The number of amides is 2. The number of alkyl halides is 2. The van der Waals surface area contributed by atoms with Gasteiger partial charge in [0.05, 0.1) is 17.0 Å². The van der Waals surface area contributed by atoms with Gasteiger partial charge in [-0.1, -0.05) is 24.3 Å². The Balaban J connectivity index is 1.97. The number of halogens is 2. The van der Waals surface area contributed by atoms with Crippen molar-refractivity contribution in [3.8, 4) is 5.75 Å². The van der Waals surface area contributed by atoms with E-state index >= 15 is 0 Å². The minimum atomic E-state index is -3.05. The van der Waals surface area contributed by atoms with Gasteiger partial charge in [0.1, 0.15) is 5.75 Å². The largest absolute Gasteiger partial charge is 0.452 e. The van der Waals surface area contributed by atoms with E-state index in [1.807, 2.05) is 0 Å². The monoisotopic (exact) mass is 410 g/mol. The van der Waals surface area contributed by atoms with Crippen molar-refractivity contribution in [2.75, 3.05) is 17.7 Å². The molecule has 2 amide bonds. The molecule has 0 aromatic heterocycles. The Bertz CT molecular complexity index is 863. The van der Waals surface area contributed by atoms with Crippen LogP contribution in [0.1, 0.15) is 10.4 Å². The lowest BCUT2D eigenvalue weighted by Gasteiger charge is -2.12. The van der Waals surface area contributed by atoms with Gasteiger partial charge in [0.25, 0.3) is 5.91 Å². The molecule has 0 atom stereocenters. The van der Waals surface area contributed by atoms with Crippen LogP contribution >= 0.6 is 11.8 Å². The normalized spacial score (nSPS) is 10.4. The van der Waals surface area contributed by atoms with Gasteiger partial charge in [-0.3, -0.25) is 9.59 Å². The number of carbonyl (C=O) groups excluding carboxylic acids is 3. The summed E-state index contributed by atoms with van der Waals surface area (Å²) in [7, 11) is 0. The third kappa shape index (κ3) is 6.54. The number of benzene rings is 2. The number of rotatable bonds is 9. The van der Waals surface area contributed by atoms with Crippen LogP contribution in [0.3, 0.4) is 0 Å². The number of para-hydroxylation sites is 2. The van der Waals surface area contributed by atoms with Crippen molar-refractivity contribution in [3.05, 3.63) is 54.1 Å². The van der Waals surface area contributed by atoms with Crippen LogP contribution in [0.25, 0.3) is 0 Å². The lowest BCUT2D eigenvalue weighted by molar-refractivity contribution is -0.119. The Kier molecular flexibility index (Phi) is 7.76. The van der Waals surface area contributed by atoms with E-state index in [0.29, 0.717) is 4.90 Å². The van der Waals surface area contributed by atoms with Crippen LogP contribution in [-0.2, 0) is 14.3 Å². The van der Waals surface area contributed by atoms with E-state index < -0.39 is 31.0 Å². The third-order valence-electron chi connectivity index (χ3n) is 3.19. The number of ether oxygens (including phenoxy) is 2. The predicted molar refractivity (Wildman–Crippen MR) is 98.3 cm³/mol. The first-order valence-corrected chi connectivity index (χ1v) is 8.86. The van der Waals surface area contributed by atoms with Crippen molar-refractivity contribution in [2.45, 2.75) is 11.5 Å². The minimum absolute atomic E-state index is 0.0151. The predicted octanol–water partition coefficient (Wildman–Crippen LogP) is 2.66. The van der Waals surface area contributed by atoms with Gasteiger partial charge in [-0.2, -0.15) is 8.78 Å².